The van der Waals surface area contributed by atoms with Gasteiger partial charge >= 0.3 is 5.97 Å². The number of nitrogens with one attached hydrogen (secondary N) is 2. The van der Waals surface area contributed by atoms with E-state index in [9.17, 15) is 4.79 Å². The van der Waals surface area contributed by atoms with Gasteiger partial charge in [-0.1, -0.05) is 12.2 Å². The second-order valence-corrected chi connectivity index (χ2v) is 3.00. The van der Waals surface area contributed by atoms with E-state index in [0.717, 1.165) is 0 Å². The molecule has 5 heteroatoms. The lowest BCUT2D eigenvalue weighted by molar-refractivity contribution is -0.138. The van der Waals surface area contributed by atoms with E-state index < -0.39 is 12.0 Å². The Morgan fingerprint density at radius 3 is 2.79 bits per heavy atom. The number of aliphatic carboxylic acids is 1. The largest absolute Gasteiger partial charge is 0.480 e. The van der Waals surface area contributed by atoms with Crippen LogP contribution < -0.4 is 11.1 Å². The third-order valence-corrected chi connectivity index (χ3v) is 1.61. The minimum atomic E-state index is -0.966. The number of hydrogen-bond acceptors (Lipinski definition) is 3. The van der Waals surface area contributed by atoms with Gasteiger partial charge in [0.2, 0.25) is 0 Å². The average Bonchev–Trinajstić information content (AvgIpc) is 2.09. The fourth-order valence-corrected chi connectivity index (χ4v) is 0.812. The zero-order valence-electron chi connectivity index (χ0n) is 8.29. The van der Waals surface area contributed by atoms with E-state index in [-0.39, 0.29) is 0 Å². The molecule has 0 bridgehead atoms. The molecule has 0 aromatic carbocycles. The topological polar surface area (TPSA) is 99.2 Å². The van der Waals surface area contributed by atoms with Crippen molar-refractivity contribution in [3.05, 3.63) is 12.2 Å². The van der Waals surface area contributed by atoms with Crippen molar-refractivity contribution in [2.24, 2.45) is 5.73 Å². The summed E-state index contributed by atoms with van der Waals surface area (Å²) in [6.07, 6.45) is 4.80. The van der Waals surface area contributed by atoms with Crippen molar-refractivity contribution in [2.75, 3.05) is 6.54 Å². The van der Waals surface area contributed by atoms with Crippen LogP contribution >= 0.6 is 0 Å². The maximum absolute atomic E-state index is 10.3. The van der Waals surface area contributed by atoms with Crippen molar-refractivity contribution >= 4 is 11.8 Å². The Kier molecular flexibility index (Phi) is 6.39. The number of amidine groups is 1. The molecular formula is C9H17N3O2. The van der Waals surface area contributed by atoms with E-state index in [2.05, 4.69) is 5.32 Å². The van der Waals surface area contributed by atoms with E-state index in [1.807, 2.05) is 12.2 Å². The lowest BCUT2D eigenvalue weighted by Crippen LogP contribution is -2.29. The summed E-state index contributed by atoms with van der Waals surface area (Å²) in [5.41, 5.74) is 5.30. The van der Waals surface area contributed by atoms with Crippen molar-refractivity contribution in [2.45, 2.75) is 25.8 Å². The van der Waals surface area contributed by atoms with Gasteiger partial charge in [-0.3, -0.25) is 10.2 Å². The Morgan fingerprint density at radius 2 is 2.29 bits per heavy atom. The van der Waals surface area contributed by atoms with Crippen LogP contribution in [0.2, 0.25) is 0 Å². The second-order valence-electron chi connectivity index (χ2n) is 3.00. The van der Waals surface area contributed by atoms with Gasteiger partial charge in [0, 0.05) is 6.54 Å². The molecule has 0 spiro atoms. The summed E-state index contributed by atoms with van der Waals surface area (Å²) in [6, 6.07) is -0.780. The fourth-order valence-electron chi connectivity index (χ4n) is 0.812. The lowest BCUT2D eigenvalue weighted by Gasteiger charge is -2.02. The molecule has 0 saturated heterocycles. The molecule has 0 saturated carbocycles. The first-order chi connectivity index (χ1) is 6.54. The van der Waals surface area contributed by atoms with Gasteiger partial charge in [-0.25, -0.2) is 0 Å². The van der Waals surface area contributed by atoms with Crippen molar-refractivity contribution in [3.63, 3.8) is 0 Å². The van der Waals surface area contributed by atoms with Gasteiger partial charge < -0.3 is 16.2 Å². The predicted octanol–water partition coefficient (Wildman–Crippen LogP) is 0.321. The van der Waals surface area contributed by atoms with Crippen LogP contribution in [0.15, 0.2) is 12.2 Å². The van der Waals surface area contributed by atoms with E-state index in [4.69, 9.17) is 16.2 Å². The van der Waals surface area contributed by atoms with Gasteiger partial charge in [-0.15, -0.1) is 0 Å². The summed E-state index contributed by atoms with van der Waals surface area (Å²) in [7, 11) is 0. The summed E-state index contributed by atoms with van der Waals surface area (Å²) >= 11 is 0. The first-order valence-electron chi connectivity index (χ1n) is 4.46. The van der Waals surface area contributed by atoms with Gasteiger partial charge in [0.05, 0.1) is 5.84 Å². The van der Waals surface area contributed by atoms with Crippen LogP contribution in [0.3, 0.4) is 0 Å². The highest BCUT2D eigenvalue weighted by Gasteiger charge is 2.08. The highest BCUT2D eigenvalue weighted by atomic mass is 16.4. The van der Waals surface area contributed by atoms with Crippen LogP contribution in [-0.2, 0) is 4.79 Å². The minimum Gasteiger partial charge on any atom is -0.480 e. The highest BCUT2D eigenvalue weighted by Crippen LogP contribution is 1.95. The molecule has 0 aliphatic carbocycles. The molecule has 0 aliphatic rings. The Morgan fingerprint density at radius 1 is 1.64 bits per heavy atom. The fraction of sp³-hybridized carbons (Fsp3) is 0.556. The van der Waals surface area contributed by atoms with E-state index >= 15 is 0 Å². The average molecular weight is 199 g/mol. The third-order valence-electron chi connectivity index (χ3n) is 1.61. The van der Waals surface area contributed by atoms with Gasteiger partial charge in [-0.2, -0.15) is 0 Å². The first-order valence-corrected chi connectivity index (χ1v) is 4.46. The number of carboxylic acids is 1. The molecule has 0 aliphatic heterocycles. The molecule has 0 aromatic heterocycles. The summed E-state index contributed by atoms with van der Waals surface area (Å²) in [5, 5.41) is 18.3. The molecule has 5 nitrogen and oxygen atoms in total. The molecule has 0 rings (SSSR count). The van der Waals surface area contributed by atoms with Crippen molar-refractivity contribution in [1.29, 1.82) is 5.41 Å². The Labute approximate surface area is 83.5 Å². The maximum Gasteiger partial charge on any atom is 0.320 e. The van der Waals surface area contributed by atoms with Crippen LogP contribution in [0, 0.1) is 5.41 Å². The number of hydrogen-bond donors (Lipinski definition) is 4. The van der Waals surface area contributed by atoms with Gasteiger partial charge in [0.15, 0.2) is 0 Å². The molecule has 80 valence electrons. The van der Waals surface area contributed by atoms with Crippen LogP contribution in [0.4, 0.5) is 0 Å². The van der Waals surface area contributed by atoms with Crippen LogP contribution in [0.1, 0.15) is 19.8 Å². The summed E-state index contributed by atoms with van der Waals surface area (Å²) in [4.78, 5) is 10.3. The minimum absolute atomic E-state index is 0.414. The predicted molar refractivity (Wildman–Crippen MR) is 55.4 cm³/mol. The second kappa shape index (κ2) is 7.08. The summed E-state index contributed by atoms with van der Waals surface area (Å²) in [5.74, 6) is -0.552. The first kappa shape index (κ1) is 12.6. The highest BCUT2D eigenvalue weighted by molar-refractivity contribution is 5.76. The summed E-state index contributed by atoms with van der Waals surface area (Å²) in [6.45, 7) is 2.26. The Bertz CT molecular complexity index is 226. The van der Waals surface area contributed by atoms with Crippen LogP contribution in [0.25, 0.3) is 0 Å². The van der Waals surface area contributed by atoms with Gasteiger partial charge in [-0.05, 0) is 19.8 Å². The number of rotatable bonds is 6. The SMILES string of the molecule is CC(=N)NC/C=C\CC[C@@H](N)C(=O)O. The molecule has 0 radical (unpaired) electrons. The van der Waals surface area contributed by atoms with Crippen LogP contribution in [-0.4, -0.2) is 29.5 Å². The van der Waals surface area contributed by atoms with E-state index in [0.29, 0.717) is 25.2 Å². The molecule has 0 aromatic rings. The molecule has 0 heterocycles. The van der Waals surface area contributed by atoms with E-state index in [1.165, 1.54) is 0 Å². The molecule has 0 amide bonds. The number of carboxylic acid groups (broad SMARTS) is 1. The molecule has 0 unspecified atom stereocenters. The van der Waals surface area contributed by atoms with Gasteiger partial charge in [0.25, 0.3) is 0 Å². The smallest absolute Gasteiger partial charge is 0.320 e. The standard InChI is InChI=1S/C9H17N3O2/c1-7(10)12-6-4-2-3-5-8(11)9(13)14/h2,4,8H,3,5-6,11H2,1H3,(H2,10,12)(H,13,14)/b4-2-/t8-/m1/s1. The van der Waals surface area contributed by atoms with Crippen molar-refractivity contribution in [3.8, 4) is 0 Å². The zero-order valence-corrected chi connectivity index (χ0v) is 8.29. The molecule has 5 N–H and O–H groups in total. The maximum atomic E-state index is 10.3. The lowest BCUT2D eigenvalue weighted by atomic mass is 10.1. The number of allylic oxidation sites excluding steroid dienone is 1. The molecule has 1 atom stereocenters. The zero-order chi connectivity index (χ0) is 11.0. The number of nitrogens with two attached hydrogens (primary N) is 1. The number of carbonyl (C=O) groups is 1. The molecule has 14 heavy (non-hydrogen) atoms. The Balaban J connectivity index is 3.44. The Hall–Kier alpha value is -1.36. The van der Waals surface area contributed by atoms with E-state index in [1.54, 1.807) is 6.92 Å². The third kappa shape index (κ3) is 7.30. The van der Waals surface area contributed by atoms with Crippen molar-refractivity contribution < 1.29 is 9.90 Å². The quantitative estimate of drug-likeness (QED) is 0.281. The van der Waals surface area contributed by atoms with Gasteiger partial charge in [0.1, 0.15) is 6.04 Å². The molecule has 0 fully saturated rings. The normalized spacial score (nSPS) is 12.7. The monoisotopic (exact) mass is 199 g/mol. The van der Waals surface area contributed by atoms with Crippen LogP contribution in [0.5, 0.6) is 0 Å². The summed E-state index contributed by atoms with van der Waals surface area (Å²) < 4.78 is 0. The molecular weight excluding hydrogens is 182 g/mol. The van der Waals surface area contributed by atoms with Crippen molar-refractivity contribution in [1.82, 2.24) is 5.32 Å².